The lowest BCUT2D eigenvalue weighted by atomic mass is 9.96. The van der Waals surface area contributed by atoms with E-state index in [1.165, 1.54) is 0 Å². The molecule has 60 valence electrons. The molecule has 0 unspecified atom stereocenters. The van der Waals surface area contributed by atoms with Crippen LogP contribution in [0.1, 0.15) is 27.7 Å². The van der Waals surface area contributed by atoms with E-state index in [4.69, 9.17) is 4.74 Å². The van der Waals surface area contributed by atoms with E-state index in [0.717, 1.165) is 13.2 Å². The van der Waals surface area contributed by atoms with Crippen molar-refractivity contribution in [1.29, 1.82) is 0 Å². The summed E-state index contributed by atoms with van der Waals surface area (Å²) in [5, 5.41) is 3.51. The van der Waals surface area contributed by atoms with E-state index in [1.54, 1.807) is 0 Å². The molecule has 1 aliphatic rings. The fourth-order valence-corrected chi connectivity index (χ4v) is 1.55. The van der Waals surface area contributed by atoms with Gasteiger partial charge in [-0.05, 0) is 27.7 Å². The molecule has 0 amide bonds. The summed E-state index contributed by atoms with van der Waals surface area (Å²) < 4.78 is 5.44. The Bertz CT molecular complexity index is 115. The minimum Gasteiger partial charge on any atom is -0.378 e. The van der Waals surface area contributed by atoms with Crippen LogP contribution in [0.4, 0.5) is 0 Å². The topological polar surface area (TPSA) is 21.3 Å². The smallest absolute Gasteiger partial charge is 0.0643 e. The van der Waals surface area contributed by atoms with Crippen molar-refractivity contribution in [2.75, 3.05) is 13.2 Å². The molecule has 1 rings (SSSR count). The summed E-state index contributed by atoms with van der Waals surface area (Å²) >= 11 is 0. The third kappa shape index (κ3) is 1.96. The van der Waals surface area contributed by atoms with Crippen molar-refractivity contribution in [1.82, 2.24) is 5.32 Å². The third-order valence-corrected chi connectivity index (χ3v) is 1.60. The lowest BCUT2D eigenvalue weighted by molar-refractivity contribution is -0.0172. The molecule has 2 heteroatoms. The lowest BCUT2D eigenvalue weighted by Crippen LogP contribution is -2.60. The number of hydrogen-bond donors (Lipinski definition) is 1. The van der Waals surface area contributed by atoms with Crippen LogP contribution in [0.25, 0.3) is 0 Å². The summed E-state index contributed by atoms with van der Waals surface area (Å²) in [6, 6.07) is 0. The van der Waals surface area contributed by atoms with Gasteiger partial charge in [0.1, 0.15) is 0 Å². The molecule has 2 nitrogen and oxygen atoms in total. The summed E-state index contributed by atoms with van der Waals surface area (Å²) in [5.41, 5.74) is 0.281. The summed E-state index contributed by atoms with van der Waals surface area (Å²) in [4.78, 5) is 0. The second-order valence-corrected chi connectivity index (χ2v) is 4.39. The Balaban J connectivity index is 2.56. The molecule has 1 heterocycles. The predicted octanol–water partition coefficient (Wildman–Crippen LogP) is 1.16. The van der Waals surface area contributed by atoms with Crippen molar-refractivity contribution in [2.24, 2.45) is 0 Å². The molecule has 0 aromatic carbocycles. The van der Waals surface area contributed by atoms with Crippen molar-refractivity contribution in [2.45, 2.75) is 38.8 Å². The quantitative estimate of drug-likeness (QED) is 0.549. The summed E-state index contributed by atoms with van der Waals surface area (Å²) in [5.74, 6) is 0. The van der Waals surface area contributed by atoms with Crippen molar-refractivity contribution in [3.8, 4) is 0 Å². The summed E-state index contributed by atoms with van der Waals surface area (Å²) in [6.07, 6.45) is 0. The van der Waals surface area contributed by atoms with Gasteiger partial charge >= 0.3 is 0 Å². The maximum absolute atomic E-state index is 5.44. The van der Waals surface area contributed by atoms with Crippen molar-refractivity contribution in [3.63, 3.8) is 0 Å². The van der Waals surface area contributed by atoms with Crippen LogP contribution in [-0.2, 0) is 4.74 Å². The fourth-order valence-electron chi connectivity index (χ4n) is 1.55. The van der Waals surface area contributed by atoms with Gasteiger partial charge in [0, 0.05) is 11.1 Å². The minimum atomic E-state index is 0.141. The van der Waals surface area contributed by atoms with Crippen LogP contribution in [-0.4, -0.2) is 24.3 Å². The average molecular weight is 143 g/mol. The van der Waals surface area contributed by atoms with Crippen LogP contribution in [0, 0.1) is 0 Å². The molecule has 0 saturated carbocycles. The first-order valence-corrected chi connectivity index (χ1v) is 3.78. The first-order valence-electron chi connectivity index (χ1n) is 3.78. The Morgan fingerprint density at radius 2 is 1.40 bits per heavy atom. The Morgan fingerprint density at radius 1 is 1.00 bits per heavy atom. The van der Waals surface area contributed by atoms with Gasteiger partial charge in [0.25, 0.3) is 0 Å². The van der Waals surface area contributed by atoms with E-state index in [-0.39, 0.29) is 11.1 Å². The van der Waals surface area contributed by atoms with E-state index in [0.29, 0.717) is 0 Å². The highest BCUT2D eigenvalue weighted by molar-refractivity contribution is 4.91. The van der Waals surface area contributed by atoms with Crippen LogP contribution in [0.2, 0.25) is 0 Å². The van der Waals surface area contributed by atoms with Crippen molar-refractivity contribution in [3.05, 3.63) is 0 Å². The highest BCUT2D eigenvalue weighted by Crippen LogP contribution is 2.17. The molecule has 10 heavy (non-hydrogen) atoms. The Labute approximate surface area is 63.0 Å². The normalized spacial score (nSPS) is 30.0. The van der Waals surface area contributed by atoms with Gasteiger partial charge in [-0.1, -0.05) is 0 Å². The van der Waals surface area contributed by atoms with Gasteiger partial charge in [0.2, 0.25) is 0 Å². The van der Waals surface area contributed by atoms with Crippen molar-refractivity contribution >= 4 is 0 Å². The van der Waals surface area contributed by atoms with E-state index >= 15 is 0 Å². The van der Waals surface area contributed by atoms with Gasteiger partial charge in [0.05, 0.1) is 13.2 Å². The number of nitrogens with one attached hydrogen (secondary N) is 1. The van der Waals surface area contributed by atoms with Crippen LogP contribution in [0.5, 0.6) is 0 Å². The highest BCUT2D eigenvalue weighted by Gasteiger charge is 2.32. The first-order chi connectivity index (χ1) is 4.41. The molecule has 0 atom stereocenters. The van der Waals surface area contributed by atoms with E-state index < -0.39 is 0 Å². The van der Waals surface area contributed by atoms with Gasteiger partial charge in [-0.15, -0.1) is 0 Å². The molecule has 1 fully saturated rings. The van der Waals surface area contributed by atoms with Crippen LogP contribution in [0.3, 0.4) is 0 Å². The molecular weight excluding hydrogens is 126 g/mol. The zero-order chi connectivity index (χ0) is 7.83. The van der Waals surface area contributed by atoms with Crippen molar-refractivity contribution < 1.29 is 4.74 Å². The number of morpholine rings is 1. The zero-order valence-electron chi connectivity index (χ0n) is 7.32. The maximum atomic E-state index is 5.44. The largest absolute Gasteiger partial charge is 0.378 e. The lowest BCUT2D eigenvalue weighted by Gasteiger charge is -2.42. The first kappa shape index (κ1) is 8.02. The van der Waals surface area contributed by atoms with Gasteiger partial charge < -0.3 is 10.1 Å². The van der Waals surface area contributed by atoms with Gasteiger partial charge in [0.15, 0.2) is 0 Å². The second kappa shape index (κ2) is 2.21. The van der Waals surface area contributed by atoms with Crippen LogP contribution >= 0.6 is 0 Å². The monoisotopic (exact) mass is 143 g/mol. The SMILES string of the molecule is CC1(C)COCC(C)(C)N1. The van der Waals surface area contributed by atoms with E-state index in [1.807, 2.05) is 0 Å². The standard InChI is InChI=1S/C8H17NO/c1-7(2)5-10-6-8(3,4)9-7/h9H,5-6H2,1-4H3. The molecule has 1 aliphatic heterocycles. The Kier molecular flexibility index (Phi) is 1.77. The van der Waals surface area contributed by atoms with Crippen LogP contribution in [0.15, 0.2) is 0 Å². The number of hydrogen-bond acceptors (Lipinski definition) is 2. The predicted molar refractivity (Wildman–Crippen MR) is 42.1 cm³/mol. The van der Waals surface area contributed by atoms with Crippen LogP contribution < -0.4 is 5.32 Å². The fraction of sp³-hybridized carbons (Fsp3) is 1.00. The number of ether oxygens (including phenoxy) is 1. The molecule has 0 radical (unpaired) electrons. The van der Waals surface area contributed by atoms with Gasteiger partial charge in [-0.25, -0.2) is 0 Å². The second-order valence-electron chi connectivity index (χ2n) is 4.39. The Morgan fingerprint density at radius 3 is 1.60 bits per heavy atom. The summed E-state index contributed by atoms with van der Waals surface area (Å²) in [6.45, 7) is 10.3. The zero-order valence-corrected chi connectivity index (χ0v) is 7.32. The Hall–Kier alpha value is -0.0800. The summed E-state index contributed by atoms with van der Waals surface area (Å²) in [7, 11) is 0. The molecule has 0 aliphatic carbocycles. The minimum absolute atomic E-state index is 0.141. The average Bonchev–Trinajstić information content (AvgIpc) is 1.56. The molecule has 1 saturated heterocycles. The molecule has 0 spiro atoms. The highest BCUT2D eigenvalue weighted by atomic mass is 16.5. The molecule has 0 aromatic rings. The molecule has 1 N–H and O–H groups in total. The van der Waals surface area contributed by atoms with E-state index in [2.05, 4.69) is 33.0 Å². The van der Waals surface area contributed by atoms with E-state index in [9.17, 15) is 0 Å². The maximum Gasteiger partial charge on any atom is 0.0643 e. The molecular formula is C8H17NO. The molecule has 0 aromatic heterocycles. The van der Waals surface area contributed by atoms with Gasteiger partial charge in [-0.2, -0.15) is 0 Å². The molecule has 0 bridgehead atoms. The third-order valence-electron chi connectivity index (χ3n) is 1.60. The van der Waals surface area contributed by atoms with Gasteiger partial charge in [-0.3, -0.25) is 0 Å². The number of rotatable bonds is 0.